The van der Waals surface area contributed by atoms with Gasteiger partial charge in [-0.05, 0) is 39.5 Å². The van der Waals surface area contributed by atoms with Crippen molar-refractivity contribution in [1.82, 2.24) is 4.72 Å². The van der Waals surface area contributed by atoms with Gasteiger partial charge in [-0.15, -0.1) is 0 Å². The molecule has 1 atom stereocenters. The van der Waals surface area contributed by atoms with Crippen molar-refractivity contribution >= 4 is 16.0 Å². The quantitative estimate of drug-likeness (QED) is 0.729. The number of aliphatic carboxylic acids is 1. The number of nitrogens with one attached hydrogen (secondary N) is 1. The van der Waals surface area contributed by atoms with Crippen LogP contribution in [-0.2, 0) is 14.8 Å². The fourth-order valence-electron chi connectivity index (χ4n) is 1.48. The number of sulfonamides is 1. The Morgan fingerprint density at radius 3 is 2.27 bits per heavy atom. The number of rotatable bonds is 5. The summed E-state index contributed by atoms with van der Waals surface area (Å²) in [5.74, 6) is -0.998. The van der Waals surface area contributed by atoms with Crippen LogP contribution < -0.4 is 4.72 Å². The average Bonchev–Trinajstić information content (AvgIpc) is 2.82. The number of carbonyl (C=O) groups is 1. The fourth-order valence-corrected chi connectivity index (χ4v) is 2.82. The molecule has 0 heterocycles. The van der Waals surface area contributed by atoms with Gasteiger partial charge in [0.05, 0.1) is 0 Å². The SMILES string of the molecule is CC(C(=O)O)S(=O)(=O)NC(C)(C)C1CC1. The van der Waals surface area contributed by atoms with Crippen LogP contribution in [0.2, 0.25) is 0 Å². The molecule has 0 bridgehead atoms. The predicted octanol–water partition coefficient (Wildman–Crippen LogP) is 0.567. The van der Waals surface area contributed by atoms with Gasteiger partial charge in [0.2, 0.25) is 10.0 Å². The normalized spacial score (nSPS) is 19.9. The van der Waals surface area contributed by atoms with Crippen LogP contribution in [0.4, 0.5) is 0 Å². The zero-order valence-corrected chi connectivity index (χ0v) is 9.97. The highest BCUT2D eigenvalue weighted by molar-refractivity contribution is 7.90. The van der Waals surface area contributed by atoms with Crippen molar-refractivity contribution in [3.63, 3.8) is 0 Å². The highest BCUT2D eigenvalue weighted by Gasteiger charge is 2.42. The molecule has 1 rings (SSSR count). The fraction of sp³-hybridized carbons (Fsp3) is 0.889. The van der Waals surface area contributed by atoms with Gasteiger partial charge in [-0.25, -0.2) is 13.1 Å². The molecule has 0 aliphatic heterocycles. The summed E-state index contributed by atoms with van der Waals surface area (Å²) in [5, 5.41) is 7.24. The topological polar surface area (TPSA) is 83.5 Å². The Morgan fingerprint density at radius 2 is 1.93 bits per heavy atom. The van der Waals surface area contributed by atoms with Gasteiger partial charge in [0.1, 0.15) is 0 Å². The first-order valence-corrected chi connectivity index (χ1v) is 6.47. The predicted molar refractivity (Wildman–Crippen MR) is 56.0 cm³/mol. The molecule has 1 fully saturated rings. The zero-order valence-electron chi connectivity index (χ0n) is 9.15. The maximum atomic E-state index is 11.6. The third-order valence-electron chi connectivity index (χ3n) is 2.82. The third kappa shape index (κ3) is 2.92. The molecule has 0 amide bonds. The summed E-state index contributed by atoms with van der Waals surface area (Å²) >= 11 is 0. The Morgan fingerprint density at radius 1 is 1.47 bits per heavy atom. The lowest BCUT2D eigenvalue weighted by Gasteiger charge is -2.26. The highest BCUT2D eigenvalue weighted by atomic mass is 32.2. The van der Waals surface area contributed by atoms with Crippen molar-refractivity contribution in [2.45, 2.75) is 44.4 Å². The van der Waals surface area contributed by atoms with Crippen LogP contribution in [0, 0.1) is 5.92 Å². The van der Waals surface area contributed by atoms with E-state index < -0.39 is 26.8 Å². The van der Waals surface area contributed by atoms with Gasteiger partial charge in [0, 0.05) is 5.54 Å². The van der Waals surface area contributed by atoms with E-state index in [-0.39, 0.29) is 0 Å². The Hall–Kier alpha value is -0.620. The molecule has 0 saturated heterocycles. The molecule has 15 heavy (non-hydrogen) atoms. The Balaban J connectivity index is 2.75. The van der Waals surface area contributed by atoms with Crippen molar-refractivity contribution in [3.05, 3.63) is 0 Å². The molecule has 0 aromatic rings. The van der Waals surface area contributed by atoms with Crippen LogP contribution in [0.5, 0.6) is 0 Å². The van der Waals surface area contributed by atoms with Crippen LogP contribution in [0.1, 0.15) is 33.6 Å². The van der Waals surface area contributed by atoms with Gasteiger partial charge < -0.3 is 5.11 Å². The second-order valence-electron chi connectivity index (χ2n) is 4.62. The molecule has 2 N–H and O–H groups in total. The van der Waals surface area contributed by atoms with E-state index >= 15 is 0 Å². The van der Waals surface area contributed by atoms with E-state index in [0.717, 1.165) is 12.8 Å². The minimum atomic E-state index is -3.77. The second kappa shape index (κ2) is 3.75. The largest absolute Gasteiger partial charge is 0.480 e. The van der Waals surface area contributed by atoms with E-state index in [2.05, 4.69) is 4.72 Å². The van der Waals surface area contributed by atoms with E-state index in [1.54, 1.807) is 13.8 Å². The molecular formula is C9H17NO4S. The first-order chi connectivity index (χ1) is 6.67. The maximum Gasteiger partial charge on any atom is 0.323 e. The molecule has 88 valence electrons. The minimum absolute atomic E-state index is 0.327. The van der Waals surface area contributed by atoms with Crippen molar-refractivity contribution in [3.8, 4) is 0 Å². The van der Waals surface area contributed by atoms with Crippen LogP contribution in [-0.4, -0.2) is 30.3 Å². The van der Waals surface area contributed by atoms with Gasteiger partial charge in [-0.2, -0.15) is 0 Å². The molecule has 5 nitrogen and oxygen atoms in total. The summed E-state index contributed by atoms with van der Waals surface area (Å²) in [6.45, 7) is 4.75. The smallest absolute Gasteiger partial charge is 0.323 e. The molecule has 6 heteroatoms. The van der Waals surface area contributed by atoms with Crippen molar-refractivity contribution in [1.29, 1.82) is 0 Å². The second-order valence-corrected chi connectivity index (χ2v) is 6.62. The lowest BCUT2D eigenvalue weighted by molar-refractivity contribution is -0.136. The van der Waals surface area contributed by atoms with E-state index in [1.807, 2.05) is 0 Å². The first-order valence-electron chi connectivity index (χ1n) is 4.92. The number of hydrogen-bond donors (Lipinski definition) is 2. The van der Waals surface area contributed by atoms with Gasteiger partial charge in [0.15, 0.2) is 5.25 Å². The molecule has 1 unspecified atom stereocenters. The lowest BCUT2D eigenvalue weighted by atomic mass is 10.0. The van der Waals surface area contributed by atoms with Gasteiger partial charge in [-0.1, -0.05) is 0 Å². The summed E-state index contributed by atoms with van der Waals surface area (Å²) in [7, 11) is -3.77. The van der Waals surface area contributed by atoms with Crippen LogP contribution >= 0.6 is 0 Å². The molecule has 1 aliphatic rings. The van der Waals surface area contributed by atoms with E-state index in [0.29, 0.717) is 5.92 Å². The lowest BCUT2D eigenvalue weighted by Crippen LogP contribution is -2.49. The summed E-state index contributed by atoms with van der Waals surface area (Å²) in [6.07, 6.45) is 1.99. The monoisotopic (exact) mass is 235 g/mol. The van der Waals surface area contributed by atoms with Crippen molar-refractivity contribution < 1.29 is 18.3 Å². The Labute approximate surface area is 89.9 Å². The summed E-state index contributed by atoms with van der Waals surface area (Å²) in [4.78, 5) is 10.6. The van der Waals surface area contributed by atoms with Gasteiger partial charge in [0.25, 0.3) is 0 Å². The molecule has 0 spiro atoms. The number of carboxylic acid groups (broad SMARTS) is 1. The standard InChI is InChI=1S/C9H17NO4S/c1-6(8(11)12)15(13,14)10-9(2,3)7-4-5-7/h6-7,10H,4-5H2,1-3H3,(H,11,12). The summed E-state index contributed by atoms with van der Waals surface area (Å²) < 4.78 is 25.7. The molecule has 1 aliphatic carbocycles. The van der Waals surface area contributed by atoms with Crippen LogP contribution in [0.25, 0.3) is 0 Å². The highest BCUT2D eigenvalue weighted by Crippen LogP contribution is 2.39. The van der Waals surface area contributed by atoms with Gasteiger partial charge in [-0.3, -0.25) is 4.79 Å². The summed E-state index contributed by atoms with van der Waals surface area (Å²) in [5.41, 5.74) is -0.539. The zero-order chi connectivity index (χ0) is 11.9. The third-order valence-corrected chi connectivity index (χ3v) is 4.76. The molecule has 0 radical (unpaired) electrons. The van der Waals surface area contributed by atoms with E-state index in [4.69, 9.17) is 5.11 Å². The number of carboxylic acids is 1. The molecule has 1 saturated carbocycles. The molecule has 0 aromatic carbocycles. The van der Waals surface area contributed by atoms with Crippen molar-refractivity contribution in [2.24, 2.45) is 5.92 Å². The maximum absolute atomic E-state index is 11.6. The average molecular weight is 235 g/mol. The van der Waals surface area contributed by atoms with Crippen molar-refractivity contribution in [2.75, 3.05) is 0 Å². The minimum Gasteiger partial charge on any atom is -0.480 e. The van der Waals surface area contributed by atoms with Crippen LogP contribution in [0.15, 0.2) is 0 Å². The van der Waals surface area contributed by atoms with E-state index in [9.17, 15) is 13.2 Å². The van der Waals surface area contributed by atoms with E-state index in [1.165, 1.54) is 6.92 Å². The molecular weight excluding hydrogens is 218 g/mol. The van der Waals surface area contributed by atoms with Gasteiger partial charge >= 0.3 is 5.97 Å². The Bertz CT molecular complexity index is 356. The Kier molecular flexibility index (Phi) is 3.11. The summed E-state index contributed by atoms with van der Waals surface area (Å²) in [6, 6.07) is 0. The number of hydrogen-bond acceptors (Lipinski definition) is 3. The molecule has 0 aromatic heterocycles. The van der Waals surface area contributed by atoms with Crippen LogP contribution in [0.3, 0.4) is 0 Å². The first kappa shape index (κ1) is 12.4.